The quantitative estimate of drug-likeness (QED) is 0.795. The van der Waals surface area contributed by atoms with Crippen LogP contribution in [0.5, 0.6) is 0 Å². The zero-order valence-electron chi connectivity index (χ0n) is 9.95. The van der Waals surface area contributed by atoms with Gasteiger partial charge in [-0.1, -0.05) is 23.2 Å². The third kappa shape index (κ3) is 5.06. The van der Waals surface area contributed by atoms with Crippen LogP contribution < -0.4 is 5.32 Å². The highest BCUT2D eigenvalue weighted by Gasteiger charge is 2.17. The van der Waals surface area contributed by atoms with Crippen molar-refractivity contribution in [2.75, 3.05) is 18.6 Å². The lowest BCUT2D eigenvalue weighted by atomic mass is 10.1. The van der Waals surface area contributed by atoms with Gasteiger partial charge in [-0.15, -0.1) is 0 Å². The number of carbonyl (C=O) groups is 1. The fourth-order valence-corrected chi connectivity index (χ4v) is 2.39. The van der Waals surface area contributed by atoms with E-state index in [2.05, 4.69) is 5.32 Å². The summed E-state index contributed by atoms with van der Waals surface area (Å²) in [5, 5.41) is 13.3. The van der Waals surface area contributed by atoms with Gasteiger partial charge in [0.25, 0.3) is 5.91 Å². The Balaban J connectivity index is 2.57. The van der Waals surface area contributed by atoms with Crippen molar-refractivity contribution in [2.24, 2.45) is 0 Å². The molecule has 0 heterocycles. The molecule has 0 fully saturated rings. The molecule has 1 rings (SSSR count). The first-order chi connectivity index (χ1) is 8.54. The molecule has 100 valence electrons. The third-order valence-corrected chi connectivity index (χ3v) is 3.41. The Hall–Kier alpha value is -0.420. The Labute approximate surface area is 121 Å². The Kier molecular flexibility index (Phi) is 6.86. The molecule has 0 aliphatic rings. The second-order valence-electron chi connectivity index (χ2n) is 3.74. The number of rotatable bonds is 6. The van der Waals surface area contributed by atoms with Gasteiger partial charge < -0.3 is 10.4 Å². The molecule has 1 amide bonds. The number of aliphatic hydroxyl groups is 1. The van der Waals surface area contributed by atoms with Crippen molar-refractivity contribution in [3.8, 4) is 0 Å². The van der Waals surface area contributed by atoms with Gasteiger partial charge in [0.1, 0.15) is 0 Å². The average molecular weight is 308 g/mol. The number of thioether (sulfide) groups is 1. The highest BCUT2D eigenvalue weighted by Crippen LogP contribution is 2.23. The summed E-state index contributed by atoms with van der Waals surface area (Å²) in [6.07, 6.45) is 1.64. The molecule has 6 heteroatoms. The van der Waals surface area contributed by atoms with Crippen LogP contribution in [0.2, 0.25) is 10.0 Å². The zero-order valence-corrected chi connectivity index (χ0v) is 12.3. The fourth-order valence-electron chi connectivity index (χ4n) is 1.41. The van der Waals surface area contributed by atoms with Gasteiger partial charge in [-0.25, -0.2) is 0 Å². The smallest absolute Gasteiger partial charge is 0.253 e. The molecule has 0 saturated carbocycles. The van der Waals surface area contributed by atoms with Crippen LogP contribution in [0.25, 0.3) is 0 Å². The van der Waals surface area contributed by atoms with E-state index in [-0.39, 0.29) is 0 Å². The molecule has 0 spiro atoms. The van der Waals surface area contributed by atoms with E-state index in [0.29, 0.717) is 22.2 Å². The number of aliphatic hydroxyl groups excluding tert-OH is 1. The van der Waals surface area contributed by atoms with Crippen LogP contribution in [-0.2, 0) is 4.79 Å². The van der Waals surface area contributed by atoms with Gasteiger partial charge in [-0.3, -0.25) is 4.79 Å². The number of halogens is 2. The molecule has 18 heavy (non-hydrogen) atoms. The normalized spacial score (nSPS) is 12.2. The van der Waals surface area contributed by atoms with E-state index >= 15 is 0 Å². The molecule has 0 saturated heterocycles. The number of benzene rings is 1. The first-order valence-electron chi connectivity index (χ1n) is 5.45. The minimum atomic E-state index is -1.24. The summed E-state index contributed by atoms with van der Waals surface area (Å²) < 4.78 is 0. The van der Waals surface area contributed by atoms with Gasteiger partial charge in [0, 0.05) is 16.6 Å². The molecule has 0 radical (unpaired) electrons. The van der Waals surface area contributed by atoms with E-state index in [0.717, 1.165) is 12.2 Å². The maximum absolute atomic E-state index is 11.7. The van der Waals surface area contributed by atoms with Crippen molar-refractivity contribution < 1.29 is 9.90 Å². The van der Waals surface area contributed by atoms with E-state index in [4.69, 9.17) is 23.2 Å². The minimum Gasteiger partial charge on any atom is -0.378 e. The van der Waals surface area contributed by atoms with Crippen molar-refractivity contribution in [1.29, 1.82) is 0 Å². The second-order valence-corrected chi connectivity index (χ2v) is 5.60. The van der Waals surface area contributed by atoms with Crippen molar-refractivity contribution >= 4 is 40.9 Å². The Morgan fingerprint density at radius 1 is 1.39 bits per heavy atom. The summed E-state index contributed by atoms with van der Waals surface area (Å²) in [6.45, 7) is 0.547. The van der Waals surface area contributed by atoms with E-state index in [1.807, 2.05) is 6.26 Å². The van der Waals surface area contributed by atoms with E-state index in [1.54, 1.807) is 17.8 Å². The molecule has 1 unspecified atom stereocenters. The second kappa shape index (κ2) is 7.89. The van der Waals surface area contributed by atoms with Crippen LogP contribution in [0.15, 0.2) is 18.2 Å². The SMILES string of the molecule is CSCCCNC(=O)C(O)c1cc(Cl)cc(Cl)c1. The molecule has 1 aromatic rings. The van der Waals surface area contributed by atoms with Gasteiger partial charge >= 0.3 is 0 Å². The predicted molar refractivity (Wildman–Crippen MR) is 77.4 cm³/mol. The summed E-state index contributed by atoms with van der Waals surface area (Å²) in [4.78, 5) is 11.7. The largest absolute Gasteiger partial charge is 0.378 e. The number of carbonyl (C=O) groups excluding carboxylic acids is 1. The molecule has 0 aliphatic carbocycles. The maximum Gasteiger partial charge on any atom is 0.253 e. The molecule has 1 aromatic carbocycles. The lowest BCUT2D eigenvalue weighted by Gasteiger charge is -2.12. The van der Waals surface area contributed by atoms with E-state index in [1.165, 1.54) is 12.1 Å². The van der Waals surface area contributed by atoms with Gasteiger partial charge in [0.05, 0.1) is 0 Å². The lowest BCUT2D eigenvalue weighted by molar-refractivity contribution is -0.129. The number of hydrogen-bond acceptors (Lipinski definition) is 3. The molecule has 0 aromatic heterocycles. The highest BCUT2D eigenvalue weighted by atomic mass is 35.5. The number of nitrogens with one attached hydrogen (secondary N) is 1. The van der Waals surface area contributed by atoms with Crippen LogP contribution in [0.1, 0.15) is 18.1 Å². The summed E-state index contributed by atoms with van der Waals surface area (Å²) in [5.74, 6) is 0.536. The number of hydrogen-bond donors (Lipinski definition) is 2. The molecular formula is C12H15Cl2NO2S. The van der Waals surface area contributed by atoms with E-state index < -0.39 is 12.0 Å². The van der Waals surface area contributed by atoms with E-state index in [9.17, 15) is 9.90 Å². The molecule has 1 atom stereocenters. The summed E-state index contributed by atoms with van der Waals surface area (Å²) in [7, 11) is 0. The summed E-state index contributed by atoms with van der Waals surface area (Å²) >= 11 is 13.3. The predicted octanol–water partition coefficient (Wildman–Crippen LogP) is 2.90. The van der Waals surface area contributed by atoms with Crippen LogP contribution in [0.4, 0.5) is 0 Å². The number of amides is 1. The Morgan fingerprint density at radius 3 is 2.56 bits per heavy atom. The Bertz CT molecular complexity index is 395. The monoisotopic (exact) mass is 307 g/mol. The van der Waals surface area contributed by atoms with Gasteiger partial charge in [-0.2, -0.15) is 11.8 Å². The van der Waals surface area contributed by atoms with Crippen LogP contribution >= 0.6 is 35.0 Å². The van der Waals surface area contributed by atoms with Crippen molar-refractivity contribution in [3.63, 3.8) is 0 Å². The average Bonchev–Trinajstić information content (AvgIpc) is 2.32. The molecule has 0 aliphatic heterocycles. The van der Waals surface area contributed by atoms with Gasteiger partial charge in [0.2, 0.25) is 0 Å². The van der Waals surface area contributed by atoms with Crippen LogP contribution in [0, 0.1) is 0 Å². The molecule has 0 bridgehead atoms. The first kappa shape index (κ1) is 15.6. The topological polar surface area (TPSA) is 49.3 Å². The summed E-state index contributed by atoms with van der Waals surface area (Å²) in [5.41, 5.74) is 0.398. The standard InChI is InChI=1S/C12H15Cl2NO2S/c1-18-4-2-3-15-12(17)11(16)8-5-9(13)7-10(14)6-8/h5-7,11,16H,2-4H2,1H3,(H,15,17). The zero-order chi connectivity index (χ0) is 13.5. The fraction of sp³-hybridized carbons (Fsp3) is 0.417. The molecule has 3 nitrogen and oxygen atoms in total. The maximum atomic E-state index is 11.7. The minimum absolute atomic E-state index is 0.395. The van der Waals surface area contributed by atoms with Gasteiger partial charge in [0.15, 0.2) is 6.10 Å². The van der Waals surface area contributed by atoms with Crippen molar-refractivity contribution in [1.82, 2.24) is 5.32 Å². The van der Waals surface area contributed by atoms with Crippen LogP contribution in [-0.4, -0.2) is 29.6 Å². The third-order valence-electron chi connectivity index (χ3n) is 2.27. The first-order valence-corrected chi connectivity index (χ1v) is 7.60. The van der Waals surface area contributed by atoms with Gasteiger partial charge in [-0.05, 0) is 42.2 Å². The van der Waals surface area contributed by atoms with Crippen molar-refractivity contribution in [3.05, 3.63) is 33.8 Å². The highest BCUT2D eigenvalue weighted by molar-refractivity contribution is 7.98. The molecule has 2 N–H and O–H groups in total. The van der Waals surface area contributed by atoms with Crippen LogP contribution in [0.3, 0.4) is 0 Å². The van der Waals surface area contributed by atoms with Crippen molar-refractivity contribution in [2.45, 2.75) is 12.5 Å². The lowest BCUT2D eigenvalue weighted by Crippen LogP contribution is -2.30. The molecular weight excluding hydrogens is 293 g/mol. The summed E-state index contributed by atoms with van der Waals surface area (Å²) in [6, 6.07) is 4.61. The Morgan fingerprint density at radius 2 is 2.00 bits per heavy atom.